The van der Waals surface area contributed by atoms with Crippen LogP contribution in [-0.2, 0) is 4.79 Å². The van der Waals surface area contributed by atoms with Gasteiger partial charge in [0.1, 0.15) is 6.04 Å². The van der Waals surface area contributed by atoms with E-state index in [1.165, 1.54) is 0 Å². The zero-order valence-corrected chi connectivity index (χ0v) is 13.3. The van der Waals surface area contributed by atoms with Crippen LogP contribution < -0.4 is 10.6 Å². The van der Waals surface area contributed by atoms with Gasteiger partial charge in [0.15, 0.2) is 0 Å². The van der Waals surface area contributed by atoms with Crippen molar-refractivity contribution in [2.45, 2.75) is 32.2 Å². The molecule has 0 aliphatic carbocycles. The van der Waals surface area contributed by atoms with Crippen molar-refractivity contribution >= 4 is 45.2 Å². The topological polar surface area (TPSA) is 78.4 Å². The van der Waals surface area contributed by atoms with Gasteiger partial charge in [-0.1, -0.05) is 37.4 Å². The number of amides is 2. The predicted octanol–water partition coefficient (Wildman–Crippen LogP) is 3.87. The summed E-state index contributed by atoms with van der Waals surface area (Å²) >= 11 is 9.16. The van der Waals surface area contributed by atoms with Gasteiger partial charge in [-0.05, 0) is 34.5 Å². The normalized spacial score (nSPS) is 11.8. The monoisotopic (exact) mass is 362 g/mol. The zero-order valence-electron chi connectivity index (χ0n) is 11.0. The molecule has 1 unspecified atom stereocenters. The molecule has 0 saturated carbocycles. The molecule has 0 bridgehead atoms. The Kier molecular flexibility index (Phi) is 6.81. The molecule has 3 N–H and O–H groups in total. The van der Waals surface area contributed by atoms with Gasteiger partial charge in [0.05, 0.1) is 15.2 Å². The maximum Gasteiger partial charge on any atom is 0.326 e. The van der Waals surface area contributed by atoms with E-state index in [0.717, 1.165) is 12.8 Å². The van der Waals surface area contributed by atoms with E-state index in [4.69, 9.17) is 16.7 Å². The third kappa shape index (κ3) is 5.02. The van der Waals surface area contributed by atoms with Gasteiger partial charge in [0.25, 0.3) is 0 Å². The van der Waals surface area contributed by atoms with Crippen LogP contribution in [0.15, 0.2) is 22.7 Å². The molecule has 0 aliphatic heterocycles. The highest BCUT2D eigenvalue weighted by atomic mass is 79.9. The number of benzene rings is 1. The van der Waals surface area contributed by atoms with Crippen molar-refractivity contribution in [2.75, 3.05) is 5.32 Å². The number of aliphatic carboxylic acids is 1. The molecule has 1 aromatic carbocycles. The molecule has 1 aromatic rings. The van der Waals surface area contributed by atoms with E-state index in [9.17, 15) is 9.59 Å². The summed E-state index contributed by atoms with van der Waals surface area (Å²) in [6.45, 7) is 1.96. The van der Waals surface area contributed by atoms with Gasteiger partial charge in [0.2, 0.25) is 0 Å². The van der Waals surface area contributed by atoms with Crippen molar-refractivity contribution < 1.29 is 14.7 Å². The molecular formula is C13H16BrClN2O3. The van der Waals surface area contributed by atoms with Crippen LogP contribution >= 0.6 is 27.5 Å². The Morgan fingerprint density at radius 1 is 1.45 bits per heavy atom. The van der Waals surface area contributed by atoms with E-state index in [0.29, 0.717) is 21.6 Å². The first-order chi connectivity index (χ1) is 9.45. The van der Waals surface area contributed by atoms with Crippen molar-refractivity contribution in [2.24, 2.45) is 0 Å². The highest BCUT2D eigenvalue weighted by Crippen LogP contribution is 2.29. The quantitative estimate of drug-likeness (QED) is 0.718. The smallest absolute Gasteiger partial charge is 0.326 e. The first-order valence-electron chi connectivity index (χ1n) is 6.20. The van der Waals surface area contributed by atoms with Gasteiger partial charge in [-0.25, -0.2) is 9.59 Å². The van der Waals surface area contributed by atoms with E-state index in [1.54, 1.807) is 18.2 Å². The molecule has 0 fully saturated rings. The molecular weight excluding hydrogens is 348 g/mol. The summed E-state index contributed by atoms with van der Waals surface area (Å²) in [6.07, 6.45) is 2.00. The third-order valence-corrected chi connectivity index (χ3v) is 4.05. The molecule has 110 valence electrons. The number of unbranched alkanes of at least 4 members (excludes halogenated alkanes) is 1. The van der Waals surface area contributed by atoms with Gasteiger partial charge in [0, 0.05) is 0 Å². The number of hydrogen-bond donors (Lipinski definition) is 3. The third-order valence-electron chi connectivity index (χ3n) is 2.65. The lowest BCUT2D eigenvalue weighted by atomic mass is 10.1. The van der Waals surface area contributed by atoms with Crippen molar-refractivity contribution in [3.63, 3.8) is 0 Å². The van der Waals surface area contributed by atoms with Gasteiger partial charge < -0.3 is 15.7 Å². The second kappa shape index (κ2) is 8.11. The van der Waals surface area contributed by atoms with Gasteiger partial charge in [-0.2, -0.15) is 0 Å². The molecule has 7 heteroatoms. The maximum atomic E-state index is 11.8. The van der Waals surface area contributed by atoms with Gasteiger partial charge in [-0.15, -0.1) is 0 Å². The Hall–Kier alpha value is -1.27. The second-order valence-corrected chi connectivity index (χ2v) is 5.43. The molecule has 2 amide bonds. The average molecular weight is 364 g/mol. The van der Waals surface area contributed by atoms with Gasteiger partial charge in [-0.3, -0.25) is 0 Å². The Morgan fingerprint density at radius 2 is 2.15 bits per heavy atom. The average Bonchev–Trinajstić information content (AvgIpc) is 2.39. The molecule has 0 heterocycles. The number of urea groups is 1. The summed E-state index contributed by atoms with van der Waals surface area (Å²) < 4.78 is 0.553. The molecule has 20 heavy (non-hydrogen) atoms. The summed E-state index contributed by atoms with van der Waals surface area (Å²) in [5.41, 5.74) is 0.481. The summed E-state index contributed by atoms with van der Waals surface area (Å²) in [7, 11) is 0. The molecule has 5 nitrogen and oxygen atoms in total. The Bertz CT molecular complexity index is 497. The number of nitrogens with one attached hydrogen (secondary N) is 2. The predicted molar refractivity (Wildman–Crippen MR) is 82.3 cm³/mol. The lowest BCUT2D eigenvalue weighted by Gasteiger charge is -2.15. The fourth-order valence-corrected chi connectivity index (χ4v) is 2.12. The second-order valence-electron chi connectivity index (χ2n) is 4.23. The first-order valence-corrected chi connectivity index (χ1v) is 7.37. The van der Waals surface area contributed by atoms with Crippen molar-refractivity contribution in [3.05, 3.63) is 27.7 Å². The highest BCUT2D eigenvalue weighted by Gasteiger charge is 2.19. The Morgan fingerprint density at radius 3 is 2.75 bits per heavy atom. The lowest BCUT2D eigenvalue weighted by Crippen LogP contribution is -2.43. The number of carboxylic acid groups (broad SMARTS) is 1. The first kappa shape index (κ1) is 16.8. The lowest BCUT2D eigenvalue weighted by molar-refractivity contribution is -0.139. The molecule has 0 radical (unpaired) electrons. The van der Waals surface area contributed by atoms with E-state index in [-0.39, 0.29) is 0 Å². The molecule has 0 aliphatic rings. The van der Waals surface area contributed by atoms with Crippen molar-refractivity contribution in [3.8, 4) is 0 Å². The number of rotatable bonds is 6. The van der Waals surface area contributed by atoms with Crippen LogP contribution in [0.3, 0.4) is 0 Å². The number of carboxylic acids is 1. The fraction of sp³-hybridized carbons (Fsp3) is 0.385. The largest absolute Gasteiger partial charge is 0.480 e. The zero-order chi connectivity index (χ0) is 15.1. The van der Waals surface area contributed by atoms with Crippen LogP contribution in [0.2, 0.25) is 5.02 Å². The minimum atomic E-state index is -1.04. The summed E-state index contributed by atoms with van der Waals surface area (Å²) in [4.78, 5) is 22.8. The molecule has 1 atom stereocenters. The van der Waals surface area contributed by atoms with Crippen LogP contribution in [0, 0.1) is 0 Å². The van der Waals surface area contributed by atoms with Crippen LogP contribution in [0.5, 0.6) is 0 Å². The molecule has 0 saturated heterocycles. The van der Waals surface area contributed by atoms with Crippen LogP contribution in [-0.4, -0.2) is 23.1 Å². The number of carbonyl (C=O) groups is 2. The minimum absolute atomic E-state index is 0.399. The number of anilines is 1. The van der Waals surface area contributed by atoms with Crippen LogP contribution in [0.25, 0.3) is 0 Å². The Labute approximate surface area is 130 Å². The SMILES string of the molecule is CCCCC(NC(=O)Nc1cccc(Cl)c1Br)C(=O)O. The summed E-state index contributed by atoms with van der Waals surface area (Å²) in [5, 5.41) is 14.5. The van der Waals surface area contributed by atoms with E-state index < -0.39 is 18.0 Å². The summed E-state index contributed by atoms with van der Waals surface area (Å²) in [6, 6.07) is 3.56. The Balaban J connectivity index is 2.66. The number of hydrogen-bond acceptors (Lipinski definition) is 2. The fourth-order valence-electron chi connectivity index (χ4n) is 1.58. The molecule has 0 aromatic heterocycles. The molecule has 1 rings (SSSR count). The van der Waals surface area contributed by atoms with E-state index >= 15 is 0 Å². The summed E-state index contributed by atoms with van der Waals surface area (Å²) in [5.74, 6) is -1.04. The minimum Gasteiger partial charge on any atom is -0.480 e. The van der Waals surface area contributed by atoms with Crippen molar-refractivity contribution in [1.29, 1.82) is 0 Å². The number of carbonyl (C=O) groups excluding carboxylic acids is 1. The van der Waals surface area contributed by atoms with Crippen LogP contribution in [0.4, 0.5) is 10.5 Å². The van der Waals surface area contributed by atoms with Crippen LogP contribution in [0.1, 0.15) is 26.2 Å². The van der Waals surface area contributed by atoms with Gasteiger partial charge >= 0.3 is 12.0 Å². The molecule has 0 spiro atoms. The standard InChI is InChI=1S/C13H16BrClN2O3/c1-2-3-6-10(12(18)19)17-13(20)16-9-7-4-5-8(15)11(9)14/h4-5,7,10H,2-3,6H2,1H3,(H,18,19)(H2,16,17,20). The van der Waals surface area contributed by atoms with E-state index in [2.05, 4.69) is 26.6 Å². The maximum absolute atomic E-state index is 11.8. The highest BCUT2D eigenvalue weighted by molar-refractivity contribution is 9.10. The van der Waals surface area contributed by atoms with E-state index in [1.807, 2.05) is 6.92 Å². The number of halogens is 2. The van der Waals surface area contributed by atoms with Crippen molar-refractivity contribution in [1.82, 2.24) is 5.32 Å².